The lowest BCUT2D eigenvalue weighted by molar-refractivity contribution is 0.102. The molecule has 0 fully saturated rings. The fraction of sp³-hybridized carbons (Fsp3) is 0.105. The highest BCUT2D eigenvalue weighted by Crippen LogP contribution is 2.12. The number of aryl methyl sites for hydroxylation is 1. The van der Waals surface area contributed by atoms with Gasteiger partial charge in [-0.1, -0.05) is 12.1 Å². The van der Waals surface area contributed by atoms with Crippen LogP contribution in [-0.2, 0) is 6.54 Å². The summed E-state index contributed by atoms with van der Waals surface area (Å²) in [4.78, 5) is 20.8. The Balaban J connectivity index is 1.71. The van der Waals surface area contributed by atoms with Crippen molar-refractivity contribution in [3.05, 3.63) is 83.2 Å². The van der Waals surface area contributed by atoms with Gasteiger partial charge in [-0.2, -0.15) is 0 Å². The molecule has 2 aromatic carbocycles. The quantitative estimate of drug-likeness (QED) is 0.729. The van der Waals surface area contributed by atoms with Crippen LogP contribution in [0.1, 0.15) is 21.7 Å². The van der Waals surface area contributed by atoms with E-state index >= 15 is 0 Å². The van der Waals surface area contributed by atoms with Crippen LogP contribution in [0.4, 0.5) is 20.4 Å². The zero-order valence-corrected chi connectivity index (χ0v) is 14.0. The van der Waals surface area contributed by atoms with Crippen LogP contribution in [0, 0.1) is 18.6 Å². The third-order valence-electron chi connectivity index (χ3n) is 3.55. The molecule has 1 heterocycles. The van der Waals surface area contributed by atoms with Crippen LogP contribution in [0.5, 0.6) is 0 Å². The lowest BCUT2D eigenvalue weighted by atomic mass is 10.2. The van der Waals surface area contributed by atoms with Crippen LogP contribution in [0.3, 0.4) is 0 Å². The Morgan fingerprint density at radius 3 is 2.23 bits per heavy atom. The van der Waals surface area contributed by atoms with Gasteiger partial charge in [0.15, 0.2) is 0 Å². The number of carbonyl (C=O) groups is 1. The number of benzene rings is 2. The molecular formula is C19H16F2N4O. The molecule has 132 valence electrons. The van der Waals surface area contributed by atoms with E-state index in [1.807, 2.05) is 0 Å². The van der Waals surface area contributed by atoms with Crippen LogP contribution in [0.25, 0.3) is 0 Å². The number of carbonyl (C=O) groups excluding carboxylic acids is 1. The highest BCUT2D eigenvalue weighted by molar-refractivity contribution is 6.03. The van der Waals surface area contributed by atoms with Gasteiger partial charge < -0.3 is 10.6 Å². The topological polar surface area (TPSA) is 66.9 Å². The maximum atomic E-state index is 12.9. The van der Waals surface area contributed by atoms with E-state index in [0.29, 0.717) is 23.9 Å². The second-order valence-electron chi connectivity index (χ2n) is 5.66. The second kappa shape index (κ2) is 7.69. The highest BCUT2D eigenvalue weighted by Gasteiger charge is 2.11. The summed E-state index contributed by atoms with van der Waals surface area (Å²) in [5.74, 6) is -0.820. The Hall–Kier alpha value is -3.35. The molecule has 5 nitrogen and oxygen atoms in total. The number of aromatic nitrogens is 2. The van der Waals surface area contributed by atoms with Gasteiger partial charge in [-0.05, 0) is 55.0 Å². The number of anilines is 2. The molecule has 3 rings (SSSR count). The molecule has 7 heteroatoms. The number of nitrogens with zero attached hydrogens (tertiary/aromatic N) is 2. The summed E-state index contributed by atoms with van der Waals surface area (Å²) in [7, 11) is 0. The summed E-state index contributed by atoms with van der Waals surface area (Å²) in [6.45, 7) is 2.14. The van der Waals surface area contributed by atoms with Gasteiger partial charge in [0.25, 0.3) is 5.91 Å². The zero-order valence-electron chi connectivity index (χ0n) is 14.0. The molecule has 0 saturated carbocycles. The monoisotopic (exact) mass is 354 g/mol. The number of rotatable bonds is 5. The fourth-order valence-corrected chi connectivity index (χ4v) is 2.28. The van der Waals surface area contributed by atoms with Gasteiger partial charge in [0, 0.05) is 17.9 Å². The SMILES string of the molecule is Cc1cc(C(=O)Nc2ccc(F)cc2)nc(NCc2ccc(F)cc2)n1. The summed E-state index contributed by atoms with van der Waals surface area (Å²) < 4.78 is 25.9. The Kier molecular flexibility index (Phi) is 5.17. The van der Waals surface area contributed by atoms with Gasteiger partial charge in [-0.3, -0.25) is 4.79 Å². The lowest BCUT2D eigenvalue weighted by Gasteiger charge is -2.09. The molecule has 0 spiro atoms. The predicted octanol–water partition coefficient (Wildman–Crippen LogP) is 3.93. The first kappa shape index (κ1) is 17.5. The Morgan fingerprint density at radius 2 is 1.58 bits per heavy atom. The number of halogens is 2. The molecule has 0 aliphatic heterocycles. The summed E-state index contributed by atoms with van der Waals surface area (Å²) in [6, 6.07) is 13.1. The minimum Gasteiger partial charge on any atom is -0.350 e. The fourth-order valence-electron chi connectivity index (χ4n) is 2.28. The Labute approximate surface area is 149 Å². The van der Waals surface area contributed by atoms with Gasteiger partial charge in [-0.25, -0.2) is 18.7 Å². The number of nitrogens with one attached hydrogen (secondary N) is 2. The number of amides is 1. The van der Waals surface area contributed by atoms with E-state index in [2.05, 4.69) is 20.6 Å². The van der Waals surface area contributed by atoms with Crippen LogP contribution in [0.15, 0.2) is 54.6 Å². The van der Waals surface area contributed by atoms with E-state index in [1.54, 1.807) is 25.1 Å². The van der Waals surface area contributed by atoms with Crippen molar-refractivity contribution < 1.29 is 13.6 Å². The lowest BCUT2D eigenvalue weighted by Crippen LogP contribution is -2.16. The average molecular weight is 354 g/mol. The minimum absolute atomic E-state index is 0.184. The zero-order chi connectivity index (χ0) is 18.5. The van der Waals surface area contributed by atoms with Gasteiger partial charge in [0.1, 0.15) is 17.3 Å². The highest BCUT2D eigenvalue weighted by atomic mass is 19.1. The maximum Gasteiger partial charge on any atom is 0.274 e. The molecule has 0 saturated heterocycles. The van der Waals surface area contributed by atoms with Crippen LogP contribution in [0.2, 0.25) is 0 Å². The standard InChI is InChI=1S/C19H16F2N4O/c1-12-10-17(18(26)24-16-8-6-15(21)7-9-16)25-19(23-12)22-11-13-2-4-14(20)5-3-13/h2-10H,11H2,1H3,(H,24,26)(H,22,23,25). The summed E-state index contributed by atoms with van der Waals surface area (Å²) in [5, 5.41) is 5.67. The number of hydrogen-bond donors (Lipinski definition) is 2. The van der Waals surface area contributed by atoms with E-state index in [9.17, 15) is 13.6 Å². The molecule has 1 amide bonds. The molecular weight excluding hydrogens is 338 g/mol. The molecule has 2 N–H and O–H groups in total. The summed E-state index contributed by atoms with van der Waals surface area (Å²) in [6.07, 6.45) is 0. The summed E-state index contributed by atoms with van der Waals surface area (Å²) in [5.41, 5.74) is 2.12. The van der Waals surface area contributed by atoms with E-state index in [4.69, 9.17) is 0 Å². The molecule has 0 radical (unpaired) electrons. The summed E-state index contributed by atoms with van der Waals surface area (Å²) >= 11 is 0. The molecule has 0 bridgehead atoms. The smallest absolute Gasteiger partial charge is 0.274 e. The predicted molar refractivity (Wildman–Crippen MR) is 94.8 cm³/mol. The van der Waals surface area contributed by atoms with Gasteiger partial charge in [-0.15, -0.1) is 0 Å². The van der Waals surface area contributed by atoms with Crippen molar-refractivity contribution in [3.8, 4) is 0 Å². The van der Waals surface area contributed by atoms with Crippen molar-refractivity contribution in [2.24, 2.45) is 0 Å². The van der Waals surface area contributed by atoms with Gasteiger partial charge in [0.05, 0.1) is 0 Å². The average Bonchev–Trinajstić information content (AvgIpc) is 2.63. The first-order valence-electron chi connectivity index (χ1n) is 7.90. The first-order valence-corrected chi connectivity index (χ1v) is 7.90. The molecule has 0 atom stereocenters. The van der Waals surface area contributed by atoms with Crippen molar-refractivity contribution in [2.45, 2.75) is 13.5 Å². The van der Waals surface area contributed by atoms with Gasteiger partial charge >= 0.3 is 0 Å². The van der Waals surface area contributed by atoms with Crippen molar-refractivity contribution in [3.63, 3.8) is 0 Å². The normalized spacial score (nSPS) is 10.4. The molecule has 0 aliphatic carbocycles. The molecule has 26 heavy (non-hydrogen) atoms. The van der Waals surface area contributed by atoms with E-state index in [1.165, 1.54) is 36.4 Å². The largest absolute Gasteiger partial charge is 0.350 e. The third kappa shape index (κ3) is 4.60. The first-order chi connectivity index (χ1) is 12.5. The molecule has 0 unspecified atom stereocenters. The van der Waals surface area contributed by atoms with Crippen LogP contribution < -0.4 is 10.6 Å². The van der Waals surface area contributed by atoms with Crippen molar-refractivity contribution >= 4 is 17.5 Å². The van der Waals surface area contributed by atoms with Crippen molar-refractivity contribution in [1.82, 2.24) is 9.97 Å². The Bertz CT molecular complexity index is 912. The van der Waals surface area contributed by atoms with E-state index < -0.39 is 5.91 Å². The van der Waals surface area contributed by atoms with Gasteiger partial charge in [0.2, 0.25) is 5.95 Å². The third-order valence-corrected chi connectivity index (χ3v) is 3.55. The van der Waals surface area contributed by atoms with E-state index in [0.717, 1.165) is 5.56 Å². The number of hydrogen-bond acceptors (Lipinski definition) is 4. The second-order valence-corrected chi connectivity index (χ2v) is 5.66. The van der Waals surface area contributed by atoms with E-state index in [-0.39, 0.29) is 17.3 Å². The van der Waals surface area contributed by atoms with Crippen LogP contribution >= 0.6 is 0 Å². The molecule has 1 aromatic heterocycles. The van der Waals surface area contributed by atoms with Crippen LogP contribution in [-0.4, -0.2) is 15.9 Å². The minimum atomic E-state index is -0.424. The molecule has 0 aliphatic rings. The Morgan fingerprint density at radius 1 is 0.962 bits per heavy atom. The maximum absolute atomic E-state index is 12.9. The van der Waals surface area contributed by atoms with Crippen molar-refractivity contribution in [2.75, 3.05) is 10.6 Å². The molecule has 3 aromatic rings. The van der Waals surface area contributed by atoms with Crippen molar-refractivity contribution in [1.29, 1.82) is 0 Å².